The molecule has 0 bridgehead atoms. The fraction of sp³-hybridized carbons (Fsp3) is 0.765. The minimum atomic E-state index is -0.606. The van der Waals surface area contributed by atoms with E-state index < -0.39 is 5.60 Å². The SMILES string of the molecule is CCn1cc(C2CCN(C(=O)C3(OC)CCNCC3)CC2)cn1.Cl.Cl. The number of hydrogen-bond acceptors (Lipinski definition) is 4. The lowest BCUT2D eigenvalue weighted by Crippen LogP contribution is -2.56. The molecule has 2 aliphatic heterocycles. The van der Waals surface area contributed by atoms with E-state index in [0.29, 0.717) is 5.92 Å². The zero-order chi connectivity index (χ0) is 16.3. The van der Waals surface area contributed by atoms with Crippen LogP contribution in [0.25, 0.3) is 0 Å². The Hall–Kier alpha value is -0.820. The molecule has 144 valence electrons. The van der Waals surface area contributed by atoms with Gasteiger partial charge in [-0.3, -0.25) is 9.48 Å². The van der Waals surface area contributed by atoms with E-state index in [9.17, 15) is 4.79 Å². The molecule has 0 atom stereocenters. The van der Waals surface area contributed by atoms with Crippen LogP contribution in [-0.2, 0) is 16.1 Å². The zero-order valence-corrected chi connectivity index (χ0v) is 16.7. The van der Waals surface area contributed by atoms with E-state index in [1.54, 1.807) is 7.11 Å². The summed E-state index contributed by atoms with van der Waals surface area (Å²) >= 11 is 0. The Balaban J connectivity index is 0.00000156. The first kappa shape index (κ1) is 22.2. The molecule has 0 aromatic carbocycles. The maximum atomic E-state index is 13.0. The number of rotatable bonds is 4. The molecular weight excluding hydrogens is 363 g/mol. The molecule has 1 N–H and O–H groups in total. The summed E-state index contributed by atoms with van der Waals surface area (Å²) in [6.45, 7) is 6.35. The standard InChI is InChI=1S/C17H28N4O2.2ClH/c1-3-21-13-15(12-19-21)14-4-10-20(11-5-14)16(22)17(23-2)6-8-18-9-7-17;;/h12-14,18H,3-11H2,1-2H3;2*1H. The maximum Gasteiger partial charge on any atom is 0.254 e. The summed E-state index contributed by atoms with van der Waals surface area (Å²) in [5.41, 5.74) is 0.702. The summed E-state index contributed by atoms with van der Waals surface area (Å²) in [4.78, 5) is 15.0. The molecule has 2 saturated heterocycles. The second-order valence-electron chi connectivity index (χ2n) is 6.64. The Morgan fingerprint density at radius 3 is 2.48 bits per heavy atom. The number of likely N-dealkylation sites (tertiary alicyclic amines) is 1. The number of nitrogens with one attached hydrogen (secondary N) is 1. The summed E-state index contributed by atoms with van der Waals surface area (Å²) in [6.07, 6.45) is 7.69. The third-order valence-electron chi connectivity index (χ3n) is 5.42. The van der Waals surface area contributed by atoms with Crippen molar-refractivity contribution in [2.75, 3.05) is 33.3 Å². The minimum Gasteiger partial charge on any atom is -0.368 e. The van der Waals surface area contributed by atoms with Crippen LogP contribution in [0.4, 0.5) is 0 Å². The van der Waals surface area contributed by atoms with Crippen molar-refractivity contribution in [2.24, 2.45) is 0 Å². The number of nitrogens with zero attached hydrogens (tertiary/aromatic N) is 3. The van der Waals surface area contributed by atoms with Gasteiger partial charge in [-0.2, -0.15) is 5.10 Å². The van der Waals surface area contributed by atoms with Gasteiger partial charge in [-0.05, 0) is 57.2 Å². The maximum absolute atomic E-state index is 13.0. The topological polar surface area (TPSA) is 59.4 Å². The van der Waals surface area contributed by atoms with Gasteiger partial charge < -0.3 is 15.0 Å². The highest BCUT2D eigenvalue weighted by Gasteiger charge is 2.43. The van der Waals surface area contributed by atoms with Gasteiger partial charge in [0.2, 0.25) is 0 Å². The number of hydrogen-bond donors (Lipinski definition) is 1. The van der Waals surface area contributed by atoms with E-state index in [0.717, 1.165) is 58.4 Å². The second-order valence-corrected chi connectivity index (χ2v) is 6.64. The number of ether oxygens (including phenoxy) is 1. The first-order valence-electron chi connectivity index (χ1n) is 8.76. The largest absolute Gasteiger partial charge is 0.368 e. The highest BCUT2D eigenvalue weighted by atomic mass is 35.5. The Morgan fingerprint density at radius 2 is 1.96 bits per heavy atom. The van der Waals surface area contributed by atoms with E-state index >= 15 is 0 Å². The molecule has 0 radical (unpaired) electrons. The molecule has 3 heterocycles. The summed E-state index contributed by atoms with van der Waals surface area (Å²) in [5, 5.41) is 7.68. The van der Waals surface area contributed by atoms with Crippen molar-refractivity contribution in [3.63, 3.8) is 0 Å². The van der Waals surface area contributed by atoms with Crippen LogP contribution in [0.1, 0.15) is 44.1 Å². The van der Waals surface area contributed by atoms with Gasteiger partial charge in [-0.15, -0.1) is 24.8 Å². The average molecular weight is 393 g/mol. The molecule has 6 nitrogen and oxygen atoms in total. The molecule has 3 rings (SSSR count). The van der Waals surface area contributed by atoms with E-state index in [2.05, 4.69) is 23.5 Å². The van der Waals surface area contributed by atoms with Crippen molar-refractivity contribution in [1.82, 2.24) is 20.0 Å². The van der Waals surface area contributed by atoms with Crippen molar-refractivity contribution in [1.29, 1.82) is 0 Å². The number of carbonyl (C=O) groups excluding carboxylic acids is 1. The fourth-order valence-electron chi connectivity index (χ4n) is 3.80. The Morgan fingerprint density at radius 1 is 1.32 bits per heavy atom. The van der Waals surface area contributed by atoms with Crippen LogP contribution in [0.3, 0.4) is 0 Å². The smallest absolute Gasteiger partial charge is 0.254 e. The number of piperidine rings is 2. The average Bonchev–Trinajstić information content (AvgIpc) is 3.11. The minimum absolute atomic E-state index is 0. The number of amides is 1. The third-order valence-corrected chi connectivity index (χ3v) is 5.42. The van der Waals surface area contributed by atoms with Crippen LogP contribution in [-0.4, -0.2) is 59.5 Å². The zero-order valence-electron chi connectivity index (χ0n) is 15.1. The second kappa shape index (κ2) is 9.76. The van der Waals surface area contributed by atoms with Gasteiger partial charge >= 0.3 is 0 Å². The molecule has 2 fully saturated rings. The van der Waals surface area contributed by atoms with Crippen LogP contribution in [0.2, 0.25) is 0 Å². The Kier molecular flexibility index (Phi) is 8.68. The molecule has 0 unspecified atom stereocenters. The van der Waals surface area contributed by atoms with Crippen molar-refractivity contribution in [3.05, 3.63) is 18.0 Å². The van der Waals surface area contributed by atoms with E-state index in [1.807, 2.05) is 15.8 Å². The lowest BCUT2D eigenvalue weighted by molar-refractivity contribution is -0.159. The first-order valence-corrected chi connectivity index (χ1v) is 8.76. The van der Waals surface area contributed by atoms with Crippen LogP contribution >= 0.6 is 24.8 Å². The van der Waals surface area contributed by atoms with Crippen LogP contribution in [0, 0.1) is 0 Å². The highest BCUT2D eigenvalue weighted by Crippen LogP contribution is 2.31. The molecule has 25 heavy (non-hydrogen) atoms. The molecule has 1 aromatic rings. The van der Waals surface area contributed by atoms with Gasteiger partial charge in [0, 0.05) is 32.9 Å². The van der Waals surface area contributed by atoms with E-state index in [1.165, 1.54) is 5.56 Å². The molecule has 2 aliphatic rings. The lowest BCUT2D eigenvalue weighted by Gasteiger charge is -2.41. The number of aromatic nitrogens is 2. The molecule has 1 aromatic heterocycles. The quantitative estimate of drug-likeness (QED) is 0.852. The van der Waals surface area contributed by atoms with Crippen molar-refractivity contribution < 1.29 is 9.53 Å². The van der Waals surface area contributed by atoms with Gasteiger partial charge in [0.1, 0.15) is 5.60 Å². The van der Waals surface area contributed by atoms with Crippen LogP contribution in [0.15, 0.2) is 12.4 Å². The highest BCUT2D eigenvalue weighted by molar-refractivity contribution is 5.86. The van der Waals surface area contributed by atoms with Gasteiger partial charge in [-0.1, -0.05) is 0 Å². The van der Waals surface area contributed by atoms with E-state index in [-0.39, 0.29) is 30.7 Å². The Labute approximate surface area is 162 Å². The number of halogens is 2. The van der Waals surface area contributed by atoms with Crippen LogP contribution < -0.4 is 5.32 Å². The summed E-state index contributed by atoms with van der Waals surface area (Å²) in [6, 6.07) is 0. The summed E-state index contributed by atoms with van der Waals surface area (Å²) in [7, 11) is 1.68. The summed E-state index contributed by atoms with van der Waals surface area (Å²) in [5.74, 6) is 0.704. The normalized spacial score (nSPS) is 20.5. The molecule has 1 amide bonds. The van der Waals surface area contributed by atoms with Gasteiger partial charge in [0.05, 0.1) is 6.20 Å². The predicted molar refractivity (Wildman–Crippen MR) is 103 cm³/mol. The van der Waals surface area contributed by atoms with Gasteiger partial charge in [-0.25, -0.2) is 0 Å². The molecular formula is C17H30Cl2N4O2. The third kappa shape index (κ3) is 4.67. The summed E-state index contributed by atoms with van der Waals surface area (Å²) < 4.78 is 7.65. The van der Waals surface area contributed by atoms with Crippen molar-refractivity contribution >= 4 is 30.7 Å². The lowest BCUT2D eigenvalue weighted by atomic mass is 9.87. The number of aryl methyl sites for hydroxylation is 1. The van der Waals surface area contributed by atoms with Crippen LogP contribution in [0.5, 0.6) is 0 Å². The fourth-order valence-corrected chi connectivity index (χ4v) is 3.80. The van der Waals surface area contributed by atoms with Crippen molar-refractivity contribution in [2.45, 2.75) is 50.7 Å². The van der Waals surface area contributed by atoms with Gasteiger partial charge in [0.25, 0.3) is 5.91 Å². The van der Waals surface area contributed by atoms with E-state index in [4.69, 9.17) is 4.74 Å². The van der Waals surface area contributed by atoms with Gasteiger partial charge in [0.15, 0.2) is 0 Å². The first-order chi connectivity index (χ1) is 11.2. The molecule has 0 saturated carbocycles. The number of methoxy groups -OCH3 is 1. The Bertz CT molecular complexity index is 539. The monoisotopic (exact) mass is 392 g/mol. The number of carbonyl (C=O) groups is 1. The predicted octanol–water partition coefficient (Wildman–Crippen LogP) is 2.22. The molecule has 8 heteroatoms. The van der Waals surface area contributed by atoms with Crippen molar-refractivity contribution in [3.8, 4) is 0 Å². The molecule has 0 spiro atoms. The molecule has 0 aliphatic carbocycles.